The van der Waals surface area contributed by atoms with E-state index in [1.807, 2.05) is 0 Å². The second kappa shape index (κ2) is 7.26. The Hall–Kier alpha value is -1.59. The van der Waals surface area contributed by atoms with Crippen molar-refractivity contribution in [1.29, 1.82) is 0 Å². The van der Waals surface area contributed by atoms with E-state index in [2.05, 4.69) is 5.32 Å². The maximum atomic E-state index is 12.1. The van der Waals surface area contributed by atoms with Crippen molar-refractivity contribution >= 4 is 5.78 Å². The first-order valence-corrected chi connectivity index (χ1v) is 6.85. The minimum atomic E-state index is -0.0267. The van der Waals surface area contributed by atoms with Gasteiger partial charge in [0.15, 0.2) is 17.3 Å². The van der Waals surface area contributed by atoms with Crippen molar-refractivity contribution in [2.45, 2.75) is 18.9 Å². The molecule has 1 fully saturated rings. The second-order valence-corrected chi connectivity index (χ2v) is 4.75. The molecule has 1 aliphatic heterocycles. The molecule has 0 aromatic heterocycles. The molecule has 0 radical (unpaired) electrons. The van der Waals surface area contributed by atoms with Gasteiger partial charge in [0.05, 0.1) is 25.8 Å². The molecule has 1 saturated heterocycles. The van der Waals surface area contributed by atoms with Crippen molar-refractivity contribution in [1.82, 2.24) is 5.32 Å². The van der Waals surface area contributed by atoms with Gasteiger partial charge >= 0.3 is 0 Å². The third-order valence-electron chi connectivity index (χ3n) is 3.24. The first kappa shape index (κ1) is 14.8. The molecule has 2 rings (SSSR count). The van der Waals surface area contributed by atoms with Gasteiger partial charge < -0.3 is 19.5 Å². The lowest BCUT2D eigenvalue weighted by Crippen LogP contribution is -2.29. The molecule has 0 amide bonds. The molecule has 0 aliphatic carbocycles. The summed E-state index contributed by atoms with van der Waals surface area (Å²) < 4.78 is 16.7. The van der Waals surface area contributed by atoms with Crippen LogP contribution in [0.3, 0.4) is 0 Å². The van der Waals surface area contributed by atoms with Crippen molar-refractivity contribution in [3.05, 3.63) is 23.8 Å². The molecular weight excluding hydrogens is 258 g/mol. The monoisotopic (exact) mass is 279 g/mol. The van der Waals surface area contributed by atoms with E-state index in [9.17, 15) is 4.79 Å². The fourth-order valence-electron chi connectivity index (χ4n) is 2.24. The minimum Gasteiger partial charge on any atom is -0.493 e. The van der Waals surface area contributed by atoms with Gasteiger partial charge in [-0.2, -0.15) is 0 Å². The van der Waals surface area contributed by atoms with Crippen molar-refractivity contribution < 1.29 is 19.0 Å². The van der Waals surface area contributed by atoms with Crippen LogP contribution in [-0.4, -0.2) is 45.8 Å². The third kappa shape index (κ3) is 3.49. The average Bonchev–Trinajstić information content (AvgIpc) is 2.48. The van der Waals surface area contributed by atoms with Crippen LogP contribution in [0.5, 0.6) is 11.5 Å². The maximum absolute atomic E-state index is 12.1. The van der Waals surface area contributed by atoms with Crippen LogP contribution in [-0.2, 0) is 4.74 Å². The Kier molecular flexibility index (Phi) is 5.38. The van der Waals surface area contributed by atoms with E-state index in [0.29, 0.717) is 23.7 Å². The van der Waals surface area contributed by atoms with Crippen LogP contribution in [0.2, 0.25) is 0 Å². The zero-order valence-corrected chi connectivity index (χ0v) is 12.0. The SMILES string of the molecule is CNCC(=O)c1cccc(OC)c1OC1CCCOC1. The van der Waals surface area contributed by atoms with Gasteiger partial charge in [0.1, 0.15) is 6.10 Å². The van der Waals surface area contributed by atoms with Crippen molar-refractivity contribution in [3.63, 3.8) is 0 Å². The predicted molar refractivity (Wildman–Crippen MR) is 75.7 cm³/mol. The van der Waals surface area contributed by atoms with Crippen LogP contribution in [0.25, 0.3) is 0 Å². The number of likely N-dealkylation sites (N-methyl/N-ethyl adjacent to an activating group) is 1. The molecule has 0 spiro atoms. The third-order valence-corrected chi connectivity index (χ3v) is 3.24. The largest absolute Gasteiger partial charge is 0.493 e. The summed E-state index contributed by atoms with van der Waals surface area (Å²) in [6.07, 6.45) is 1.87. The molecule has 110 valence electrons. The van der Waals surface area contributed by atoms with E-state index >= 15 is 0 Å². The average molecular weight is 279 g/mol. The molecule has 1 N–H and O–H groups in total. The highest BCUT2D eigenvalue weighted by molar-refractivity contribution is 6.00. The Bertz CT molecular complexity index is 455. The molecule has 1 aromatic carbocycles. The summed E-state index contributed by atoms with van der Waals surface area (Å²) in [7, 11) is 3.32. The molecule has 5 heteroatoms. The Morgan fingerprint density at radius 3 is 3.00 bits per heavy atom. The van der Waals surface area contributed by atoms with Crippen molar-refractivity contribution in [2.24, 2.45) is 0 Å². The Labute approximate surface area is 119 Å². The number of carbonyl (C=O) groups is 1. The van der Waals surface area contributed by atoms with E-state index in [1.165, 1.54) is 0 Å². The first-order chi connectivity index (χ1) is 9.76. The highest BCUT2D eigenvalue weighted by Crippen LogP contribution is 2.33. The molecule has 1 aliphatic rings. The summed E-state index contributed by atoms with van der Waals surface area (Å²) in [6.45, 7) is 1.60. The van der Waals surface area contributed by atoms with Crippen LogP contribution in [0.4, 0.5) is 0 Å². The van der Waals surface area contributed by atoms with Crippen molar-refractivity contribution in [2.75, 3.05) is 33.9 Å². The number of ketones is 1. The molecule has 1 atom stereocenters. The van der Waals surface area contributed by atoms with Crippen LogP contribution < -0.4 is 14.8 Å². The van der Waals surface area contributed by atoms with Gasteiger partial charge in [-0.15, -0.1) is 0 Å². The van der Waals surface area contributed by atoms with Gasteiger partial charge in [0, 0.05) is 6.61 Å². The maximum Gasteiger partial charge on any atom is 0.180 e. The molecule has 1 heterocycles. The van der Waals surface area contributed by atoms with Gasteiger partial charge in [-0.25, -0.2) is 0 Å². The number of Topliss-reactive ketones (excluding diaryl/α,β-unsaturated/α-hetero) is 1. The standard InChI is InChI=1S/C15H21NO4/c1-16-9-13(17)12-6-3-7-14(18-2)15(12)20-11-5-4-8-19-10-11/h3,6-7,11,16H,4-5,8-10H2,1-2H3. The lowest BCUT2D eigenvalue weighted by molar-refractivity contribution is 0.00610. The smallest absolute Gasteiger partial charge is 0.180 e. The number of methoxy groups -OCH3 is 1. The highest BCUT2D eigenvalue weighted by atomic mass is 16.5. The van der Waals surface area contributed by atoms with Crippen LogP contribution in [0.15, 0.2) is 18.2 Å². The predicted octanol–water partition coefficient (Wildman–Crippen LogP) is 1.66. The molecular formula is C15H21NO4. The Morgan fingerprint density at radius 2 is 2.35 bits per heavy atom. The van der Waals surface area contributed by atoms with Crippen molar-refractivity contribution in [3.8, 4) is 11.5 Å². The van der Waals surface area contributed by atoms with Gasteiger partial charge in [-0.05, 0) is 32.0 Å². The summed E-state index contributed by atoms with van der Waals surface area (Å²) in [4.78, 5) is 12.1. The molecule has 20 heavy (non-hydrogen) atoms. The molecule has 1 unspecified atom stereocenters. The molecule has 5 nitrogen and oxygen atoms in total. The number of benzene rings is 1. The molecule has 0 bridgehead atoms. The molecule has 1 aromatic rings. The number of hydrogen-bond donors (Lipinski definition) is 1. The van der Waals surface area contributed by atoms with Gasteiger partial charge in [-0.1, -0.05) is 6.07 Å². The summed E-state index contributed by atoms with van der Waals surface area (Å²) in [5.74, 6) is 1.08. The molecule has 0 saturated carbocycles. The second-order valence-electron chi connectivity index (χ2n) is 4.75. The Balaban J connectivity index is 2.24. The van der Waals surface area contributed by atoms with Gasteiger partial charge in [0.2, 0.25) is 0 Å². The van der Waals surface area contributed by atoms with Crippen LogP contribution in [0, 0.1) is 0 Å². The van der Waals surface area contributed by atoms with E-state index in [4.69, 9.17) is 14.2 Å². The van der Waals surface area contributed by atoms with Crippen LogP contribution >= 0.6 is 0 Å². The minimum absolute atomic E-state index is 0.0156. The number of nitrogens with one attached hydrogen (secondary N) is 1. The number of rotatable bonds is 6. The lowest BCUT2D eigenvalue weighted by Gasteiger charge is -2.25. The van der Waals surface area contributed by atoms with E-state index in [0.717, 1.165) is 19.4 Å². The number of ether oxygens (including phenoxy) is 3. The zero-order chi connectivity index (χ0) is 14.4. The normalized spacial score (nSPS) is 18.6. The zero-order valence-electron chi connectivity index (χ0n) is 12.0. The first-order valence-electron chi connectivity index (χ1n) is 6.85. The summed E-state index contributed by atoms with van der Waals surface area (Å²) >= 11 is 0. The highest BCUT2D eigenvalue weighted by Gasteiger charge is 2.22. The van der Waals surface area contributed by atoms with E-state index in [1.54, 1.807) is 32.4 Å². The number of carbonyl (C=O) groups excluding carboxylic acids is 1. The number of para-hydroxylation sites is 1. The quantitative estimate of drug-likeness (QED) is 0.803. The lowest BCUT2D eigenvalue weighted by atomic mass is 10.1. The fraction of sp³-hybridized carbons (Fsp3) is 0.533. The van der Waals surface area contributed by atoms with E-state index < -0.39 is 0 Å². The van der Waals surface area contributed by atoms with Gasteiger partial charge in [-0.3, -0.25) is 4.79 Å². The summed E-state index contributed by atoms with van der Waals surface area (Å²) in [5.41, 5.74) is 0.546. The van der Waals surface area contributed by atoms with Crippen LogP contribution in [0.1, 0.15) is 23.2 Å². The summed E-state index contributed by atoms with van der Waals surface area (Å²) in [5, 5.41) is 2.86. The summed E-state index contributed by atoms with van der Waals surface area (Å²) in [6, 6.07) is 5.36. The van der Waals surface area contributed by atoms with E-state index in [-0.39, 0.29) is 18.4 Å². The fourth-order valence-corrected chi connectivity index (χ4v) is 2.24. The number of hydrogen-bond acceptors (Lipinski definition) is 5. The van der Waals surface area contributed by atoms with Gasteiger partial charge in [0.25, 0.3) is 0 Å². The topological polar surface area (TPSA) is 56.8 Å². The Morgan fingerprint density at radius 1 is 1.50 bits per heavy atom.